The number of hydrogen-bond acceptors (Lipinski definition) is 6. The van der Waals surface area contributed by atoms with Crippen LogP contribution in [0.2, 0.25) is 0 Å². The first-order valence-corrected chi connectivity index (χ1v) is 21.7. The monoisotopic (exact) mass is 851 g/mol. The topological polar surface area (TPSA) is 132 Å². The number of halogens is 4. The lowest BCUT2D eigenvalue weighted by molar-refractivity contribution is -0.143. The molecule has 11 nitrogen and oxygen atoms in total. The van der Waals surface area contributed by atoms with Crippen molar-refractivity contribution >= 4 is 45.4 Å². The normalized spacial score (nSPS) is 21.6. The van der Waals surface area contributed by atoms with Gasteiger partial charge in [-0.2, -0.15) is 0 Å². The van der Waals surface area contributed by atoms with Gasteiger partial charge in [0.25, 0.3) is 0 Å². The van der Waals surface area contributed by atoms with Crippen LogP contribution in [-0.4, -0.2) is 104 Å². The lowest BCUT2D eigenvalue weighted by Crippen LogP contribution is -2.51. The van der Waals surface area contributed by atoms with Crippen molar-refractivity contribution < 1.29 is 36.7 Å². The number of carbonyl (C=O) groups excluding carboxylic acids is 4. The molecule has 4 aromatic rings. The van der Waals surface area contributed by atoms with Crippen LogP contribution in [0.1, 0.15) is 92.6 Å². The van der Waals surface area contributed by atoms with Gasteiger partial charge in [-0.05, 0) is 74.5 Å². The minimum absolute atomic E-state index is 0.0105. The van der Waals surface area contributed by atoms with Gasteiger partial charge < -0.3 is 30.0 Å². The van der Waals surface area contributed by atoms with Gasteiger partial charge in [0.05, 0.1) is 41.9 Å². The lowest BCUT2D eigenvalue weighted by Gasteiger charge is -2.35. The number of likely N-dealkylation sites (tertiary alicyclic amines) is 2. The number of hydrogen-bond donors (Lipinski definition) is 3. The molecule has 2 saturated heterocycles. The maximum atomic E-state index is 15.6. The van der Waals surface area contributed by atoms with Gasteiger partial charge in [0, 0.05) is 60.7 Å². The first kappa shape index (κ1) is 45.7. The number of ketones is 1. The third-order valence-electron chi connectivity index (χ3n) is 12.8. The molecule has 2 aromatic carbocycles. The summed E-state index contributed by atoms with van der Waals surface area (Å²) in [6, 6.07) is 5.77. The molecule has 61 heavy (non-hydrogen) atoms. The Kier molecular flexibility index (Phi) is 14.0. The zero-order valence-electron chi connectivity index (χ0n) is 36.6. The van der Waals surface area contributed by atoms with Crippen molar-refractivity contribution in [3.05, 3.63) is 53.6 Å². The van der Waals surface area contributed by atoms with E-state index in [4.69, 9.17) is 4.98 Å². The zero-order valence-corrected chi connectivity index (χ0v) is 36.6. The van der Waals surface area contributed by atoms with Crippen molar-refractivity contribution in [2.75, 3.05) is 20.1 Å². The summed E-state index contributed by atoms with van der Waals surface area (Å²) in [5, 5.41) is 6.45. The van der Waals surface area contributed by atoms with E-state index < -0.39 is 59.5 Å². The highest BCUT2D eigenvalue weighted by molar-refractivity contribution is 5.93. The van der Waals surface area contributed by atoms with E-state index in [1.54, 1.807) is 42.5 Å². The van der Waals surface area contributed by atoms with E-state index >= 15 is 8.78 Å². The molecule has 2 aliphatic rings. The van der Waals surface area contributed by atoms with Crippen molar-refractivity contribution in [1.29, 1.82) is 0 Å². The van der Waals surface area contributed by atoms with Crippen molar-refractivity contribution in [2.24, 2.45) is 17.3 Å². The Morgan fingerprint density at radius 2 is 1.56 bits per heavy atom. The van der Waals surface area contributed by atoms with Crippen LogP contribution < -0.4 is 10.6 Å². The first-order valence-electron chi connectivity index (χ1n) is 21.7. The summed E-state index contributed by atoms with van der Waals surface area (Å²) in [4.78, 5) is 66.0. The summed E-state index contributed by atoms with van der Waals surface area (Å²) in [7, 11) is 1.68. The summed E-state index contributed by atoms with van der Waals surface area (Å²) in [6.07, 6.45) is -0.934. The van der Waals surface area contributed by atoms with Crippen molar-refractivity contribution in [3.8, 4) is 11.5 Å². The summed E-state index contributed by atoms with van der Waals surface area (Å²) < 4.78 is 62.5. The fourth-order valence-electron chi connectivity index (χ4n) is 8.93. The van der Waals surface area contributed by atoms with Crippen LogP contribution in [0.4, 0.5) is 17.6 Å². The van der Waals surface area contributed by atoms with Gasteiger partial charge in [0.2, 0.25) is 17.7 Å². The third kappa shape index (κ3) is 9.81. The molecule has 2 fully saturated rings. The maximum Gasteiger partial charge on any atom is 0.245 e. The highest BCUT2D eigenvalue weighted by Crippen LogP contribution is 2.39. The smallest absolute Gasteiger partial charge is 0.245 e. The van der Waals surface area contributed by atoms with Crippen LogP contribution in [-0.2, 0) is 32.1 Å². The molecule has 0 saturated carbocycles. The molecule has 0 bridgehead atoms. The number of H-pyrrole nitrogens is 1. The van der Waals surface area contributed by atoms with Crippen LogP contribution in [0, 0.1) is 28.9 Å². The number of benzene rings is 2. The number of nitrogens with zero attached hydrogens (tertiary/aromatic N) is 4. The number of nitrogens with one attached hydrogen (secondary N) is 3. The van der Waals surface area contributed by atoms with Crippen LogP contribution in [0.15, 0.2) is 36.4 Å². The Bertz CT molecular complexity index is 2250. The van der Waals surface area contributed by atoms with Crippen LogP contribution in [0.3, 0.4) is 0 Å². The first-order chi connectivity index (χ1) is 28.8. The summed E-state index contributed by atoms with van der Waals surface area (Å²) in [5.41, 5.74) is 1.64. The van der Waals surface area contributed by atoms with E-state index in [1.165, 1.54) is 29.2 Å². The summed E-state index contributed by atoms with van der Waals surface area (Å²) in [6.45, 7) is 12.7. The molecule has 8 atom stereocenters. The molecular formula is C46H61F4N7O4. The molecule has 15 heteroatoms. The average Bonchev–Trinajstić information content (AvgIpc) is 3.97. The number of alkyl halides is 2. The second-order valence-corrected chi connectivity index (χ2v) is 18.3. The van der Waals surface area contributed by atoms with Crippen molar-refractivity contribution in [3.63, 3.8) is 0 Å². The van der Waals surface area contributed by atoms with E-state index in [0.717, 1.165) is 0 Å². The van der Waals surface area contributed by atoms with Gasteiger partial charge >= 0.3 is 0 Å². The number of aromatic amines is 1. The van der Waals surface area contributed by atoms with Crippen LogP contribution in [0.5, 0.6) is 0 Å². The molecule has 2 aromatic heterocycles. The molecule has 0 unspecified atom stereocenters. The zero-order chi connectivity index (χ0) is 44.5. The Balaban J connectivity index is 1.42. The molecule has 2 aliphatic heterocycles. The van der Waals surface area contributed by atoms with Gasteiger partial charge in [-0.3, -0.25) is 19.2 Å². The van der Waals surface area contributed by atoms with Crippen molar-refractivity contribution in [2.45, 2.75) is 136 Å². The molecule has 0 spiro atoms. The lowest BCUT2D eigenvalue weighted by atomic mass is 9.76. The number of Topliss-reactive ketones (excluding diaryl/α,β-unsaturated/α-hetero) is 1. The standard InChI is InChI=1S/C46H61F4N7O4/c1-9-11-36(54-43(59)25(3)10-2)45(61)56-23-30(50)17-32(56)24-57-39-15-13-28(48)19-38(39)53-42(57)41-34(33-14-12-27(47)18-37(33)52-41)20-31-16-29(49)22-55(31)44(60)35(46(5,6)7)21-40(58)26(4)51-8/h12-15,18-19,25-26,29-32,35-36,51-52H,9-11,16-17,20-24H2,1-8H3,(H,54,59)/t25-,26+,29+,30+,31+,32+,35-,36+/m1/s1. The number of imidazole rings is 1. The fraction of sp³-hybridized carbons (Fsp3) is 0.587. The third-order valence-corrected chi connectivity index (χ3v) is 12.8. The number of carbonyl (C=O) groups is 4. The number of fused-ring (bicyclic) bond motifs is 2. The Hall–Kier alpha value is -4.79. The van der Waals surface area contributed by atoms with Crippen molar-refractivity contribution in [1.82, 2.24) is 35.0 Å². The van der Waals surface area contributed by atoms with Gasteiger partial charge in [-0.25, -0.2) is 22.5 Å². The summed E-state index contributed by atoms with van der Waals surface area (Å²) in [5.74, 6) is -2.85. The average molecular weight is 852 g/mol. The predicted molar refractivity (Wildman–Crippen MR) is 228 cm³/mol. The molecule has 3 N–H and O–H groups in total. The van der Waals surface area contributed by atoms with E-state index in [0.29, 0.717) is 52.8 Å². The van der Waals surface area contributed by atoms with Crippen LogP contribution >= 0.6 is 0 Å². The van der Waals surface area contributed by atoms with E-state index in [9.17, 15) is 28.0 Å². The number of amides is 3. The predicted octanol–water partition coefficient (Wildman–Crippen LogP) is 7.44. The van der Waals surface area contributed by atoms with E-state index in [1.807, 2.05) is 34.6 Å². The highest BCUT2D eigenvalue weighted by Gasteiger charge is 2.44. The van der Waals surface area contributed by atoms with Gasteiger partial charge in [0.1, 0.15) is 35.8 Å². The van der Waals surface area contributed by atoms with E-state index in [-0.39, 0.29) is 80.3 Å². The minimum Gasteiger partial charge on any atom is -0.352 e. The molecule has 0 radical (unpaired) electrons. The second kappa shape index (κ2) is 18.7. The molecule has 4 heterocycles. The fourth-order valence-corrected chi connectivity index (χ4v) is 8.93. The van der Waals surface area contributed by atoms with Gasteiger partial charge in [-0.1, -0.05) is 48.0 Å². The molecule has 3 amide bonds. The largest absolute Gasteiger partial charge is 0.352 e. The van der Waals surface area contributed by atoms with E-state index in [2.05, 4.69) is 15.6 Å². The summed E-state index contributed by atoms with van der Waals surface area (Å²) >= 11 is 0. The highest BCUT2D eigenvalue weighted by atomic mass is 19.1. The quantitative estimate of drug-likeness (QED) is 0.101. The van der Waals surface area contributed by atoms with Crippen LogP contribution in [0.25, 0.3) is 33.5 Å². The second-order valence-electron chi connectivity index (χ2n) is 18.3. The minimum atomic E-state index is -1.34. The Morgan fingerprint density at radius 3 is 2.20 bits per heavy atom. The Labute approximate surface area is 355 Å². The molecule has 6 rings (SSSR count). The molecule has 0 aliphatic carbocycles. The number of rotatable bonds is 16. The molecular weight excluding hydrogens is 791 g/mol. The molecule has 332 valence electrons. The maximum absolute atomic E-state index is 15.6. The van der Waals surface area contributed by atoms with Gasteiger partial charge in [-0.15, -0.1) is 0 Å². The number of aromatic nitrogens is 3. The Morgan fingerprint density at radius 1 is 0.918 bits per heavy atom. The number of likely N-dealkylation sites (N-methyl/N-ethyl adjacent to an activating group) is 1. The SMILES string of the molecule is CCC[C@H](NC(=O)[C@H](C)CC)C(=O)N1C[C@@H](F)C[C@H]1Cn1c(-c2[nH]c3cc(F)ccc3c2C[C@@H]2C[C@H](F)CN2C(=O)[C@@H](CC(=O)[C@H](C)NC)C(C)(C)C)nc2cc(F)ccc21. The van der Waals surface area contributed by atoms with Gasteiger partial charge in [0.15, 0.2) is 5.82 Å².